The molecule has 1 aliphatic heterocycles. The largest absolute Gasteiger partial charge is 0.370 e. The van der Waals surface area contributed by atoms with Gasteiger partial charge in [0.1, 0.15) is 17.5 Å². The molecule has 1 aromatic rings. The number of rotatable bonds is 5. The molecule has 5 nitrogen and oxygen atoms in total. The van der Waals surface area contributed by atoms with Gasteiger partial charge >= 0.3 is 0 Å². The lowest BCUT2D eigenvalue weighted by Crippen LogP contribution is -2.33. The van der Waals surface area contributed by atoms with Crippen molar-refractivity contribution in [3.8, 4) is 0 Å². The minimum absolute atomic E-state index is 0.702. The lowest BCUT2D eigenvalue weighted by molar-refractivity contribution is 0.436. The first-order valence-corrected chi connectivity index (χ1v) is 7.23. The van der Waals surface area contributed by atoms with E-state index in [2.05, 4.69) is 33.2 Å². The molecule has 1 aromatic heterocycles. The summed E-state index contributed by atoms with van der Waals surface area (Å²) in [6.07, 6.45) is 3.46. The first-order chi connectivity index (χ1) is 9.19. The Morgan fingerprint density at radius 2 is 2.11 bits per heavy atom. The highest BCUT2D eigenvalue weighted by Crippen LogP contribution is 2.23. The van der Waals surface area contributed by atoms with Gasteiger partial charge in [-0.25, -0.2) is 9.97 Å². The van der Waals surface area contributed by atoms with Crippen LogP contribution in [0.3, 0.4) is 0 Å². The summed E-state index contributed by atoms with van der Waals surface area (Å²) in [6, 6.07) is 2.06. The Morgan fingerprint density at radius 1 is 1.37 bits per heavy atom. The van der Waals surface area contributed by atoms with Gasteiger partial charge in [0.15, 0.2) is 0 Å². The van der Waals surface area contributed by atoms with Gasteiger partial charge in [-0.1, -0.05) is 6.92 Å². The molecule has 0 aromatic carbocycles. The highest BCUT2D eigenvalue weighted by Gasteiger charge is 2.17. The van der Waals surface area contributed by atoms with Gasteiger partial charge in [-0.15, -0.1) is 0 Å². The maximum absolute atomic E-state index is 5.50. The fourth-order valence-corrected chi connectivity index (χ4v) is 2.36. The number of piperidine rings is 1. The van der Waals surface area contributed by atoms with Gasteiger partial charge in [-0.2, -0.15) is 0 Å². The van der Waals surface area contributed by atoms with Crippen LogP contribution in [-0.4, -0.2) is 36.1 Å². The summed E-state index contributed by atoms with van der Waals surface area (Å²) >= 11 is 0. The smallest absolute Gasteiger partial charge is 0.134 e. The molecule has 0 atom stereocenters. The molecule has 1 fully saturated rings. The number of anilines is 2. The molecule has 0 amide bonds. The van der Waals surface area contributed by atoms with Crippen LogP contribution in [0.15, 0.2) is 6.07 Å². The summed E-state index contributed by atoms with van der Waals surface area (Å²) in [5.74, 6) is 3.62. The molecule has 106 valence electrons. The zero-order chi connectivity index (χ0) is 13.7. The Hall–Kier alpha value is -1.36. The zero-order valence-electron chi connectivity index (χ0n) is 12.0. The molecule has 0 spiro atoms. The second-order valence-electron chi connectivity index (χ2n) is 5.40. The minimum Gasteiger partial charge on any atom is -0.370 e. The fraction of sp³-hybridized carbons (Fsp3) is 0.714. The van der Waals surface area contributed by atoms with Gasteiger partial charge in [0.2, 0.25) is 0 Å². The summed E-state index contributed by atoms with van der Waals surface area (Å²) in [7, 11) is 0. The number of nitrogens with zero attached hydrogens (tertiary/aromatic N) is 3. The summed E-state index contributed by atoms with van der Waals surface area (Å²) in [6.45, 7) is 8.03. The van der Waals surface area contributed by atoms with Gasteiger partial charge in [-0.3, -0.25) is 0 Å². The van der Waals surface area contributed by atoms with Crippen LogP contribution >= 0.6 is 0 Å². The van der Waals surface area contributed by atoms with Gasteiger partial charge in [0.05, 0.1) is 0 Å². The standard InChI is InChI=1S/C14H25N5/c1-11-4-8-19(9-5-11)14-10-13(16-7-3-6-15)17-12(2)18-14/h10-11H,3-9,15H2,1-2H3,(H,16,17,18). The van der Waals surface area contributed by atoms with E-state index in [0.29, 0.717) is 6.54 Å². The number of nitrogens with two attached hydrogens (primary N) is 1. The normalized spacial score (nSPS) is 16.7. The van der Waals surface area contributed by atoms with Crippen molar-refractivity contribution in [3.63, 3.8) is 0 Å². The first-order valence-electron chi connectivity index (χ1n) is 7.23. The van der Waals surface area contributed by atoms with Crippen molar-refractivity contribution < 1.29 is 0 Å². The maximum Gasteiger partial charge on any atom is 0.134 e. The van der Waals surface area contributed by atoms with Crippen LogP contribution in [-0.2, 0) is 0 Å². The van der Waals surface area contributed by atoms with E-state index in [0.717, 1.165) is 49.4 Å². The van der Waals surface area contributed by atoms with Crippen molar-refractivity contribution in [1.82, 2.24) is 9.97 Å². The quantitative estimate of drug-likeness (QED) is 0.793. The molecule has 1 aliphatic rings. The second-order valence-corrected chi connectivity index (χ2v) is 5.40. The molecule has 0 radical (unpaired) electrons. The number of hydrogen-bond acceptors (Lipinski definition) is 5. The van der Waals surface area contributed by atoms with Crippen molar-refractivity contribution in [2.45, 2.75) is 33.1 Å². The van der Waals surface area contributed by atoms with Crippen LogP contribution in [0, 0.1) is 12.8 Å². The predicted molar refractivity (Wildman–Crippen MR) is 79.5 cm³/mol. The van der Waals surface area contributed by atoms with Crippen molar-refractivity contribution in [3.05, 3.63) is 11.9 Å². The second kappa shape index (κ2) is 6.70. The van der Waals surface area contributed by atoms with Crippen LogP contribution in [0.1, 0.15) is 32.0 Å². The Bertz CT molecular complexity index is 399. The lowest BCUT2D eigenvalue weighted by Gasteiger charge is -2.31. The zero-order valence-corrected chi connectivity index (χ0v) is 12.0. The van der Waals surface area contributed by atoms with Crippen molar-refractivity contribution >= 4 is 11.6 Å². The van der Waals surface area contributed by atoms with Crippen molar-refractivity contribution in [1.29, 1.82) is 0 Å². The van der Waals surface area contributed by atoms with E-state index in [4.69, 9.17) is 5.73 Å². The molecular formula is C14H25N5. The maximum atomic E-state index is 5.50. The van der Waals surface area contributed by atoms with E-state index in [1.54, 1.807) is 0 Å². The minimum atomic E-state index is 0.702. The molecule has 1 saturated heterocycles. The van der Waals surface area contributed by atoms with E-state index >= 15 is 0 Å². The fourth-order valence-electron chi connectivity index (χ4n) is 2.36. The SMILES string of the molecule is Cc1nc(NCCCN)cc(N2CCC(C)CC2)n1. The third-order valence-corrected chi connectivity index (χ3v) is 3.62. The van der Waals surface area contributed by atoms with Crippen LogP contribution in [0.2, 0.25) is 0 Å². The van der Waals surface area contributed by atoms with E-state index in [9.17, 15) is 0 Å². The number of hydrogen-bond donors (Lipinski definition) is 2. The molecule has 3 N–H and O–H groups in total. The molecule has 2 rings (SSSR count). The van der Waals surface area contributed by atoms with Crippen LogP contribution in [0.25, 0.3) is 0 Å². The summed E-state index contributed by atoms with van der Waals surface area (Å²) in [4.78, 5) is 11.4. The van der Waals surface area contributed by atoms with Crippen LogP contribution in [0.4, 0.5) is 11.6 Å². The van der Waals surface area contributed by atoms with E-state index < -0.39 is 0 Å². The van der Waals surface area contributed by atoms with Gasteiger partial charge < -0.3 is 16.0 Å². The summed E-state index contributed by atoms with van der Waals surface area (Å²) in [5.41, 5.74) is 5.50. The Labute approximate surface area is 115 Å². The molecule has 19 heavy (non-hydrogen) atoms. The number of aromatic nitrogens is 2. The average Bonchev–Trinajstić information content (AvgIpc) is 2.39. The summed E-state index contributed by atoms with van der Waals surface area (Å²) in [5, 5.41) is 3.32. The molecule has 0 saturated carbocycles. The van der Waals surface area contributed by atoms with Crippen LogP contribution < -0.4 is 16.0 Å². The molecule has 0 unspecified atom stereocenters. The van der Waals surface area contributed by atoms with Crippen molar-refractivity contribution in [2.24, 2.45) is 11.7 Å². The first kappa shape index (κ1) is 14.1. The van der Waals surface area contributed by atoms with Crippen molar-refractivity contribution in [2.75, 3.05) is 36.4 Å². The van der Waals surface area contributed by atoms with Gasteiger partial charge in [0, 0.05) is 25.7 Å². The number of nitrogens with one attached hydrogen (secondary N) is 1. The van der Waals surface area contributed by atoms with Gasteiger partial charge in [-0.05, 0) is 38.6 Å². The van der Waals surface area contributed by atoms with E-state index in [1.807, 2.05) is 6.92 Å². The molecule has 0 aliphatic carbocycles. The molecule has 0 bridgehead atoms. The highest BCUT2D eigenvalue weighted by molar-refractivity contribution is 5.49. The third kappa shape index (κ3) is 4.06. The molecular weight excluding hydrogens is 238 g/mol. The Balaban J connectivity index is 2.03. The van der Waals surface area contributed by atoms with Crippen LogP contribution in [0.5, 0.6) is 0 Å². The number of aryl methyl sites for hydroxylation is 1. The highest BCUT2D eigenvalue weighted by atomic mass is 15.2. The molecule has 2 heterocycles. The predicted octanol–water partition coefficient (Wildman–Crippen LogP) is 1.78. The Morgan fingerprint density at radius 3 is 2.79 bits per heavy atom. The monoisotopic (exact) mass is 263 g/mol. The summed E-state index contributed by atoms with van der Waals surface area (Å²) < 4.78 is 0. The topological polar surface area (TPSA) is 67.1 Å². The lowest BCUT2D eigenvalue weighted by atomic mass is 9.99. The average molecular weight is 263 g/mol. The van der Waals surface area contributed by atoms with Gasteiger partial charge in [0.25, 0.3) is 0 Å². The van der Waals surface area contributed by atoms with E-state index in [1.165, 1.54) is 12.8 Å². The van der Waals surface area contributed by atoms with E-state index in [-0.39, 0.29) is 0 Å². The molecule has 5 heteroatoms. The Kier molecular flexibility index (Phi) is 4.96. The third-order valence-electron chi connectivity index (χ3n) is 3.62.